The van der Waals surface area contributed by atoms with Gasteiger partial charge in [0, 0.05) is 39.0 Å². The van der Waals surface area contributed by atoms with Crippen LogP contribution in [0, 0.1) is 5.92 Å². The molecule has 0 saturated carbocycles. The van der Waals surface area contributed by atoms with E-state index in [0.29, 0.717) is 5.56 Å². The highest BCUT2D eigenvalue weighted by Gasteiger charge is 2.45. The molecule has 1 aliphatic heterocycles. The quantitative estimate of drug-likeness (QED) is 0.841. The number of alkyl halides is 2. The van der Waals surface area contributed by atoms with E-state index in [4.69, 9.17) is 4.74 Å². The number of pyridine rings is 1. The summed E-state index contributed by atoms with van der Waals surface area (Å²) in [6.45, 7) is 0.0132. The predicted molar refractivity (Wildman–Crippen MR) is 65.1 cm³/mol. The van der Waals surface area contributed by atoms with E-state index in [1.165, 1.54) is 18.2 Å². The number of piperidine rings is 1. The summed E-state index contributed by atoms with van der Waals surface area (Å²) in [7, 11) is 1.39. The van der Waals surface area contributed by atoms with Crippen molar-refractivity contribution < 1.29 is 18.3 Å². The molecule has 0 radical (unpaired) electrons. The summed E-state index contributed by atoms with van der Waals surface area (Å²) in [5, 5.41) is 0. The van der Waals surface area contributed by atoms with Crippen molar-refractivity contribution in [3.8, 4) is 0 Å². The van der Waals surface area contributed by atoms with Gasteiger partial charge in [0.05, 0.1) is 18.1 Å². The molecule has 1 unspecified atom stereocenters. The monoisotopic (exact) mass is 270 g/mol. The Kier molecular flexibility index (Phi) is 4.09. The number of carbonyl (C=O) groups excluding carboxylic acids is 1. The predicted octanol–water partition coefficient (Wildman–Crippen LogP) is 1.83. The van der Waals surface area contributed by atoms with Crippen LogP contribution in [-0.4, -0.2) is 48.5 Å². The molecule has 4 nitrogen and oxygen atoms in total. The summed E-state index contributed by atoms with van der Waals surface area (Å²) in [5.74, 6) is -3.99. The van der Waals surface area contributed by atoms with Gasteiger partial charge in [0.2, 0.25) is 0 Å². The summed E-state index contributed by atoms with van der Waals surface area (Å²) < 4.78 is 32.1. The molecule has 0 aliphatic carbocycles. The van der Waals surface area contributed by atoms with Gasteiger partial charge in [-0.25, -0.2) is 8.78 Å². The fourth-order valence-corrected chi connectivity index (χ4v) is 2.21. The van der Waals surface area contributed by atoms with Gasteiger partial charge in [-0.05, 0) is 12.1 Å². The molecular formula is C13H16F2N2O2. The van der Waals surface area contributed by atoms with Crippen molar-refractivity contribution in [3.05, 3.63) is 30.1 Å². The Morgan fingerprint density at radius 3 is 3.05 bits per heavy atom. The number of carbonyl (C=O) groups is 1. The number of rotatable bonds is 3. The molecule has 6 heteroatoms. The van der Waals surface area contributed by atoms with E-state index in [2.05, 4.69) is 4.98 Å². The van der Waals surface area contributed by atoms with E-state index in [1.807, 2.05) is 0 Å². The number of halogens is 2. The van der Waals surface area contributed by atoms with Crippen molar-refractivity contribution in [3.63, 3.8) is 0 Å². The van der Waals surface area contributed by atoms with E-state index in [9.17, 15) is 13.6 Å². The summed E-state index contributed by atoms with van der Waals surface area (Å²) >= 11 is 0. The van der Waals surface area contributed by atoms with Crippen molar-refractivity contribution in [1.82, 2.24) is 9.88 Å². The first-order valence-electron chi connectivity index (χ1n) is 6.10. The minimum absolute atomic E-state index is 0.00850. The number of hydrogen-bond acceptors (Lipinski definition) is 3. The maximum Gasteiger partial charge on any atom is 0.256 e. The second-order valence-electron chi connectivity index (χ2n) is 4.66. The third-order valence-corrected chi connectivity index (χ3v) is 3.32. The minimum atomic E-state index is -2.78. The van der Waals surface area contributed by atoms with Crippen LogP contribution in [0.15, 0.2) is 24.5 Å². The first-order chi connectivity index (χ1) is 9.04. The van der Waals surface area contributed by atoms with Gasteiger partial charge in [0.15, 0.2) is 0 Å². The number of aromatic nitrogens is 1. The zero-order chi connectivity index (χ0) is 13.9. The Balaban J connectivity index is 2.09. The number of methoxy groups -OCH3 is 1. The number of ether oxygens (including phenoxy) is 1. The van der Waals surface area contributed by atoms with Crippen LogP contribution in [0.2, 0.25) is 0 Å². The molecule has 19 heavy (non-hydrogen) atoms. The average molecular weight is 270 g/mol. The Morgan fingerprint density at radius 2 is 2.42 bits per heavy atom. The molecule has 1 aromatic heterocycles. The van der Waals surface area contributed by atoms with E-state index in [-0.39, 0.29) is 32.0 Å². The average Bonchev–Trinajstić information content (AvgIpc) is 2.41. The molecule has 1 aliphatic rings. The Bertz CT molecular complexity index is 440. The van der Waals surface area contributed by atoms with Crippen LogP contribution in [-0.2, 0) is 4.74 Å². The van der Waals surface area contributed by atoms with Crippen LogP contribution in [0.25, 0.3) is 0 Å². The normalized spacial score (nSPS) is 22.3. The van der Waals surface area contributed by atoms with Crippen LogP contribution >= 0.6 is 0 Å². The molecule has 1 atom stereocenters. The fourth-order valence-electron chi connectivity index (χ4n) is 2.21. The Hall–Kier alpha value is -1.56. The standard InChI is InChI=1S/C13H16F2N2O2/c1-19-9-11-8-17(6-4-13(11,14)15)12(18)10-3-2-5-16-7-10/h2-3,5,7,11H,4,6,8-9H2,1H3. The highest BCUT2D eigenvalue weighted by atomic mass is 19.3. The topological polar surface area (TPSA) is 42.4 Å². The van der Waals surface area contributed by atoms with E-state index in [0.717, 1.165) is 0 Å². The zero-order valence-electron chi connectivity index (χ0n) is 10.7. The summed E-state index contributed by atoms with van der Waals surface area (Å²) in [5.41, 5.74) is 0.420. The summed E-state index contributed by atoms with van der Waals surface area (Å²) in [6.07, 6.45) is 2.68. The fraction of sp³-hybridized carbons (Fsp3) is 0.538. The molecule has 0 spiro atoms. The SMILES string of the molecule is COCC1CN(C(=O)c2cccnc2)CCC1(F)F. The van der Waals surface area contributed by atoms with Crippen molar-refractivity contribution in [2.24, 2.45) is 5.92 Å². The third-order valence-electron chi connectivity index (χ3n) is 3.32. The molecule has 1 amide bonds. The Morgan fingerprint density at radius 1 is 1.63 bits per heavy atom. The minimum Gasteiger partial charge on any atom is -0.384 e. The van der Waals surface area contributed by atoms with E-state index < -0.39 is 11.8 Å². The molecule has 1 aromatic rings. The second kappa shape index (κ2) is 5.61. The van der Waals surface area contributed by atoms with Gasteiger partial charge in [-0.3, -0.25) is 9.78 Å². The number of nitrogens with zero attached hydrogens (tertiary/aromatic N) is 2. The van der Waals surface area contributed by atoms with Crippen LogP contribution in [0.3, 0.4) is 0 Å². The van der Waals surface area contributed by atoms with Gasteiger partial charge >= 0.3 is 0 Å². The number of hydrogen-bond donors (Lipinski definition) is 0. The van der Waals surface area contributed by atoms with Gasteiger partial charge in [-0.1, -0.05) is 0 Å². The van der Waals surface area contributed by atoms with E-state index >= 15 is 0 Å². The maximum absolute atomic E-state index is 13.7. The molecule has 0 aromatic carbocycles. The molecule has 0 bridgehead atoms. The Labute approximate surface area is 110 Å². The van der Waals surface area contributed by atoms with E-state index in [1.54, 1.807) is 18.3 Å². The van der Waals surface area contributed by atoms with Gasteiger partial charge in [-0.2, -0.15) is 0 Å². The van der Waals surface area contributed by atoms with Crippen LogP contribution < -0.4 is 0 Å². The van der Waals surface area contributed by atoms with Gasteiger partial charge in [0.1, 0.15) is 0 Å². The van der Waals surface area contributed by atoms with Crippen molar-refractivity contribution in [2.45, 2.75) is 12.3 Å². The third kappa shape index (κ3) is 3.07. The first kappa shape index (κ1) is 13.9. The molecule has 1 fully saturated rings. The summed E-state index contributed by atoms with van der Waals surface area (Å²) in [6, 6.07) is 3.28. The largest absolute Gasteiger partial charge is 0.384 e. The second-order valence-corrected chi connectivity index (χ2v) is 4.66. The highest BCUT2D eigenvalue weighted by molar-refractivity contribution is 5.93. The zero-order valence-corrected chi connectivity index (χ0v) is 10.7. The van der Waals surface area contributed by atoms with Crippen molar-refractivity contribution >= 4 is 5.91 Å². The number of likely N-dealkylation sites (tertiary alicyclic amines) is 1. The summed E-state index contributed by atoms with van der Waals surface area (Å²) in [4.78, 5) is 17.5. The lowest BCUT2D eigenvalue weighted by Crippen LogP contribution is -2.50. The van der Waals surface area contributed by atoms with Crippen LogP contribution in [0.5, 0.6) is 0 Å². The molecule has 2 heterocycles. The lowest BCUT2D eigenvalue weighted by molar-refractivity contribution is -0.117. The van der Waals surface area contributed by atoms with Crippen LogP contribution in [0.4, 0.5) is 8.78 Å². The van der Waals surface area contributed by atoms with Crippen molar-refractivity contribution in [1.29, 1.82) is 0 Å². The van der Waals surface area contributed by atoms with Crippen molar-refractivity contribution in [2.75, 3.05) is 26.8 Å². The number of amides is 1. The van der Waals surface area contributed by atoms with Gasteiger partial charge < -0.3 is 9.64 Å². The molecular weight excluding hydrogens is 254 g/mol. The molecule has 2 rings (SSSR count). The first-order valence-corrected chi connectivity index (χ1v) is 6.10. The molecule has 0 N–H and O–H groups in total. The lowest BCUT2D eigenvalue weighted by atomic mass is 9.94. The lowest BCUT2D eigenvalue weighted by Gasteiger charge is -2.38. The molecule has 1 saturated heterocycles. The smallest absolute Gasteiger partial charge is 0.256 e. The van der Waals surface area contributed by atoms with Gasteiger partial charge in [-0.15, -0.1) is 0 Å². The maximum atomic E-state index is 13.7. The van der Waals surface area contributed by atoms with Gasteiger partial charge in [0.25, 0.3) is 11.8 Å². The van der Waals surface area contributed by atoms with Crippen LogP contribution in [0.1, 0.15) is 16.8 Å². The highest BCUT2D eigenvalue weighted by Crippen LogP contribution is 2.34. The molecule has 104 valence electrons.